The van der Waals surface area contributed by atoms with Crippen molar-refractivity contribution in [1.82, 2.24) is 4.98 Å². The summed E-state index contributed by atoms with van der Waals surface area (Å²) in [7, 11) is 3.21. The van der Waals surface area contributed by atoms with Gasteiger partial charge in [-0.3, -0.25) is 0 Å². The Labute approximate surface area is 93.9 Å². The minimum atomic E-state index is 0.731. The molecule has 0 atom stereocenters. The molecular weight excluding hydrogens is 232 g/mol. The maximum Gasteiger partial charge on any atom is 0.202 e. The van der Waals surface area contributed by atoms with Crippen molar-refractivity contribution in [3.63, 3.8) is 0 Å². The van der Waals surface area contributed by atoms with Crippen LogP contribution in [0.25, 0.3) is 0 Å². The fourth-order valence-electron chi connectivity index (χ4n) is 1.54. The first-order chi connectivity index (χ1) is 6.84. The van der Waals surface area contributed by atoms with Crippen LogP contribution < -0.4 is 4.90 Å². The van der Waals surface area contributed by atoms with Crippen LogP contribution in [0.1, 0.15) is 5.56 Å². The molecule has 2 nitrogen and oxygen atoms in total. The minimum Gasteiger partial charge on any atom is -0.312 e. The Morgan fingerprint density at radius 2 is 2.14 bits per heavy atom. The van der Waals surface area contributed by atoms with Gasteiger partial charge in [0.1, 0.15) is 0 Å². The number of rotatable bonds is 1. The van der Waals surface area contributed by atoms with E-state index in [1.54, 1.807) is 20.7 Å². The van der Waals surface area contributed by atoms with E-state index in [9.17, 15) is 0 Å². The van der Waals surface area contributed by atoms with Crippen molar-refractivity contribution in [2.45, 2.75) is 6.54 Å². The average Bonchev–Trinajstić information content (AvgIpc) is 2.54. The summed E-state index contributed by atoms with van der Waals surface area (Å²) in [6.45, 7) is 0.963. The molecule has 0 saturated heterocycles. The Bertz CT molecular complexity index is 529. The van der Waals surface area contributed by atoms with Crippen molar-refractivity contribution in [2.24, 2.45) is 0 Å². The molecule has 0 spiro atoms. The minimum absolute atomic E-state index is 0.731. The predicted octanol–water partition coefficient (Wildman–Crippen LogP) is 3.59. The number of benzene rings is 1. The molecule has 0 amide bonds. The average molecular weight is 238 g/mol. The Morgan fingerprint density at radius 1 is 1.29 bits per heavy atom. The van der Waals surface area contributed by atoms with Crippen LogP contribution in [0, 0.1) is 3.95 Å². The second-order valence-corrected chi connectivity index (χ2v) is 5.77. The van der Waals surface area contributed by atoms with Crippen molar-refractivity contribution in [3.05, 3.63) is 33.8 Å². The highest BCUT2D eigenvalue weighted by Gasteiger charge is 2.24. The number of para-hydroxylation sites is 1. The molecule has 0 saturated carbocycles. The van der Waals surface area contributed by atoms with Gasteiger partial charge in [-0.2, -0.15) is 4.98 Å². The van der Waals surface area contributed by atoms with Crippen LogP contribution in [0.4, 0.5) is 10.8 Å². The van der Waals surface area contributed by atoms with E-state index >= 15 is 0 Å². The highest BCUT2D eigenvalue weighted by Crippen LogP contribution is 2.40. The van der Waals surface area contributed by atoms with Crippen LogP contribution in [0.3, 0.4) is 0 Å². The van der Waals surface area contributed by atoms with E-state index in [2.05, 4.69) is 34.1 Å². The van der Waals surface area contributed by atoms with Gasteiger partial charge in [0.25, 0.3) is 0 Å². The number of fused-ring (bicyclic) bond motifs is 1. The molecule has 1 aliphatic rings. The zero-order valence-electron chi connectivity index (χ0n) is 7.14. The second kappa shape index (κ2) is 3.12. The van der Waals surface area contributed by atoms with Crippen LogP contribution >= 0.6 is 32.9 Å². The fraction of sp³-hybridized carbons (Fsp3) is 0.111. The number of hydrogen-bond acceptors (Lipinski definition) is 5. The molecule has 0 aliphatic carbocycles. The number of nitrogens with zero attached hydrogens (tertiary/aromatic N) is 2. The maximum atomic E-state index is 5.01. The van der Waals surface area contributed by atoms with E-state index in [1.807, 2.05) is 0 Å². The second-order valence-electron chi connectivity index (χ2n) is 3.04. The van der Waals surface area contributed by atoms with Gasteiger partial charge in [-0.25, -0.2) is 0 Å². The van der Waals surface area contributed by atoms with E-state index < -0.39 is 0 Å². The topological polar surface area (TPSA) is 16.1 Å². The van der Waals surface area contributed by atoms with E-state index in [0.717, 1.165) is 15.6 Å². The molecule has 0 unspecified atom stereocenters. The normalized spacial score (nSPS) is 13.6. The van der Waals surface area contributed by atoms with Gasteiger partial charge in [0, 0.05) is 5.69 Å². The van der Waals surface area contributed by atoms with Crippen LogP contribution in [-0.4, -0.2) is 4.98 Å². The molecule has 3 rings (SSSR count). The van der Waals surface area contributed by atoms with E-state index in [0.29, 0.717) is 0 Å². The standard InChI is InChI=1S/C9H6N2S3/c12-9-10-8(13-14-9)11-5-6-3-1-2-4-7(6)11/h1-4H,5H2. The molecule has 0 radical (unpaired) electrons. The number of aromatic nitrogens is 1. The molecule has 0 N–H and O–H groups in total. The summed E-state index contributed by atoms with van der Waals surface area (Å²) in [6.07, 6.45) is 0. The van der Waals surface area contributed by atoms with Gasteiger partial charge in [0.05, 0.1) is 6.54 Å². The lowest BCUT2D eigenvalue weighted by atomic mass is 10.1. The summed E-state index contributed by atoms with van der Waals surface area (Å²) in [5.74, 6) is 0. The number of hydrogen-bond donors (Lipinski definition) is 0. The third-order valence-electron chi connectivity index (χ3n) is 2.22. The summed E-state index contributed by atoms with van der Waals surface area (Å²) in [4.78, 5) is 6.51. The van der Waals surface area contributed by atoms with Crippen LogP contribution in [0.5, 0.6) is 0 Å². The van der Waals surface area contributed by atoms with Gasteiger partial charge in [-0.15, -0.1) is 0 Å². The summed E-state index contributed by atoms with van der Waals surface area (Å²) in [5, 5.41) is 1.03. The molecule has 2 heterocycles. The molecule has 14 heavy (non-hydrogen) atoms. The van der Waals surface area contributed by atoms with Gasteiger partial charge >= 0.3 is 0 Å². The lowest BCUT2D eigenvalue weighted by Crippen LogP contribution is -2.26. The molecule has 5 heteroatoms. The Kier molecular flexibility index (Phi) is 1.90. The van der Waals surface area contributed by atoms with Crippen molar-refractivity contribution in [1.29, 1.82) is 0 Å². The quantitative estimate of drug-likeness (QED) is 0.558. The first kappa shape index (κ1) is 8.52. The van der Waals surface area contributed by atoms with Gasteiger partial charge in [-0.05, 0) is 44.5 Å². The van der Waals surface area contributed by atoms with Gasteiger partial charge in [-0.1, -0.05) is 18.2 Å². The maximum absolute atomic E-state index is 5.01. The summed E-state index contributed by atoms with van der Waals surface area (Å²) < 4.78 is 0.731. The Balaban J connectivity index is 2.03. The monoisotopic (exact) mass is 238 g/mol. The van der Waals surface area contributed by atoms with Gasteiger partial charge in [0.2, 0.25) is 5.13 Å². The first-order valence-electron chi connectivity index (χ1n) is 4.17. The first-order valence-corrected chi connectivity index (χ1v) is 6.73. The molecule has 1 aromatic carbocycles. The Hall–Kier alpha value is -0.780. The largest absolute Gasteiger partial charge is 0.312 e. The highest BCUT2D eigenvalue weighted by molar-refractivity contribution is 7.79. The van der Waals surface area contributed by atoms with Gasteiger partial charge in [0.15, 0.2) is 3.95 Å². The lowest BCUT2D eigenvalue weighted by molar-refractivity contribution is 0.878. The van der Waals surface area contributed by atoms with Gasteiger partial charge < -0.3 is 4.90 Å². The molecule has 70 valence electrons. The SMILES string of the molecule is S=c1nc(N2Cc3ccccc32)ss1. The molecule has 1 aromatic heterocycles. The molecular formula is C9H6N2S3. The summed E-state index contributed by atoms with van der Waals surface area (Å²) in [6, 6.07) is 8.39. The van der Waals surface area contributed by atoms with Crippen LogP contribution in [-0.2, 0) is 6.54 Å². The predicted molar refractivity (Wildman–Crippen MR) is 63.1 cm³/mol. The molecule has 1 aliphatic heterocycles. The van der Waals surface area contributed by atoms with Crippen molar-refractivity contribution in [3.8, 4) is 0 Å². The third-order valence-corrected chi connectivity index (χ3v) is 4.82. The smallest absolute Gasteiger partial charge is 0.202 e. The van der Waals surface area contributed by atoms with Crippen molar-refractivity contribution < 1.29 is 0 Å². The van der Waals surface area contributed by atoms with Crippen molar-refractivity contribution >= 4 is 43.7 Å². The number of anilines is 2. The third kappa shape index (κ3) is 1.20. The lowest BCUT2D eigenvalue weighted by Gasteiger charge is -2.33. The van der Waals surface area contributed by atoms with Crippen LogP contribution in [0.2, 0.25) is 0 Å². The molecule has 0 fully saturated rings. The zero-order chi connectivity index (χ0) is 9.54. The van der Waals surface area contributed by atoms with Crippen molar-refractivity contribution in [2.75, 3.05) is 4.90 Å². The summed E-state index contributed by atoms with van der Waals surface area (Å²) in [5.41, 5.74) is 2.66. The van der Waals surface area contributed by atoms with Crippen LogP contribution in [0.15, 0.2) is 24.3 Å². The highest BCUT2D eigenvalue weighted by atomic mass is 32.9. The molecule has 2 aromatic rings. The Morgan fingerprint density at radius 3 is 2.86 bits per heavy atom. The fourth-order valence-corrected chi connectivity index (χ4v) is 3.63. The van der Waals surface area contributed by atoms with E-state index in [-0.39, 0.29) is 0 Å². The van der Waals surface area contributed by atoms with E-state index in [4.69, 9.17) is 12.2 Å². The van der Waals surface area contributed by atoms with E-state index in [1.165, 1.54) is 11.3 Å². The summed E-state index contributed by atoms with van der Waals surface area (Å²) >= 11 is 5.01. The molecule has 0 bridgehead atoms. The zero-order valence-corrected chi connectivity index (χ0v) is 9.59.